The number of piperazine rings is 1. The Hall–Kier alpha value is -2.34. The molecule has 1 aliphatic heterocycles. The predicted molar refractivity (Wildman–Crippen MR) is 109 cm³/mol. The van der Waals surface area contributed by atoms with E-state index < -0.39 is 0 Å². The zero-order chi connectivity index (χ0) is 19.5. The van der Waals surface area contributed by atoms with E-state index in [1.807, 2.05) is 47.4 Å². The van der Waals surface area contributed by atoms with Crippen LogP contribution in [-0.2, 0) is 17.9 Å². The second kappa shape index (κ2) is 8.35. The molecule has 1 saturated heterocycles. The number of nitrogens with one attached hydrogen (secondary N) is 1. The molecular formula is C22H24ClN2O3+. The van der Waals surface area contributed by atoms with Gasteiger partial charge < -0.3 is 19.0 Å². The summed E-state index contributed by atoms with van der Waals surface area (Å²) in [6.07, 6.45) is 0. The third-order valence-electron chi connectivity index (χ3n) is 5.28. The van der Waals surface area contributed by atoms with Crippen LogP contribution >= 0.6 is 11.6 Å². The van der Waals surface area contributed by atoms with Gasteiger partial charge in [0.25, 0.3) is 5.91 Å². The van der Waals surface area contributed by atoms with Gasteiger partial charge in [-0.15, -0.1) is 0 Å². The number of benzene rings is 2. The third kappa shape index (κ3) is 3.92. The number of hydrogen-bond donors (Lipinski definition) is 1. The monoisotopic (exact) mass is 399 g/mol. The first-order chi connectivity index (χ1) is 13.7. The van der Waals surface area contributed by atoms with Crippen LogP contribution in [0.3, 0.4) is 0 Å². The van der Waals surface area contributed by atoms with E-state index >= 15 is 0 Å². The summed E-state index contributed by atoms with van der Waals surface area (Å²) >= 11 is 6.09. The van der Waals surface area contributed by atoms with Crippen molar-refractivity contribution in [1.82, 2.24) is 4.90 Å². The predicted octanol–water partition coefficient (Wildman–Crippen LogP) is 2.77. The molecule has 6 heteroatoms. The van der Waals surface area contributed by atoms with Gasteiger partial charge in [-0.25, -0.2) is 0 Å². The number of quaternary nitrogens is 1. The van der Waals surface area contributed by atoms with Crippen LogP contribution in [0, 0.1) is 0 Å². The van der Waals surface area contributed by atoms with E-state index in [0.29, 0.717) is 25.5 Å². The lowest BCUT2D eigenvalue weighted by atomic mass is 10.1. The standard InChI is InChI=1S/C22H23ClN2O3/c1-27-15-19-18-7-2-3-8-20(18)28-21(19)22(26)25-11-9-24(10-12-25)14-16-5-4-6-17(23)13-16/h2-8,13H,9-12,14-15H2,1H3/p+1. The summed E-state index contributed by atoms with van der Waals surface area (Å²) in [6.45, 7) is 4.49. The van der Waals surface area contributed by atoms with Crippen molar-refractivity contribution in [2.24, 2.45) is 0 Å². The lowest BCUT2D eigenvalue weighted by molar-refractivity contribution is -0.917. The Kier molecular flexibility index (Phi) is 5.67. The first-order valence-electron chi connectivity index (χ1n) is 9.52. The number of amides is 1. The number of carbonyl (C=O) groups excluding carboxylic acids is 1. The number of ether oxygens (including phenoxy) is 1. The summed E-state index contributed by atoms with van der Waals surface area (Å²) in [4.78, 5) is 16.5. The second-order valence-electron chi connectivity index (χ2n) is 7.19. The summed E-state index contributed by atoms with van der Waals surface area (Å²) in [7, 11) is 1.63. The molecule has 0 radical (unpaired) electrons. The van der Waals surface area contributed by atoms with E-state index in [4.69, 9.17) is 20.8 Å². The number of methoxy groups -OCH3 is 1. The number of rotatable bonds is 5. The molecule has 3 aromatic rings. The molecule has 28 heavy (non-hydrogen) atoms. The third-order valence-corrected chi connectivity index (χ3v) is 5.52. The molecule has 1 aliphatic rings. The maximum atomic E-state index is 13.1. The van der Waals surface area contributed by atoms with Crippen molar-refractivity contribution in [3.8, 4) is 0 Å². The molecule has 0 spiro atoms. The highest BCUT2D eigenvalue weighted by Gasteiger charge is 2.29. The second-order valence-corrected chi connectivity index (χ2v) is 7.62. The van der Waals surface area contributed by atoms with Gasteiger partial charge in [0, 0.05) is 28.6 Å². The molecule has 0 atom stereocenters. The summed E-state index contributed by atoms with van der Waals surface area (Å²) < 4.78 is 11.2. The van der Waals surface area contributed by atoms with Crippen molar-refractivity contribution in [2.45, 2.75) is 13.2 Å². The minimum atomic E-state index is -0.0509. The fourth-order valence-corrected chi connectivity index (χ4v) is 4.05. The molecule has 0 aliphatic carbocycles. The molecule has 0 unspecified atom stereocenters. The normalized spacial score (nSPS) is 15.3. The zero-order valence-corrected chi connectivity index (χ0v) is 16.7. The van der Waals surface area contributed by atoms with Gasteiger partial charge in [0.2, 0.25) is 0 Å². The Balaban J connectivity index is 1.45. The topological polar surface area (TPSA) is 47.1 Å². The molecule has 146 valence electrons. The van der Waals surface area contributed by atoms with Crippen LogP contribution in [0.1, 0.15) is 21.7 Å². The smallest absolute Gasteiger partial charge is 0.290 e. The van der Waals surface area contributed by atoms with Crippen LogP contribution in [0.5, 0.6) is 0 Å². The van der Waals surface area contributed by atoms with Gasteiger partial charge in [0.15, 0.2) is 5.76 Å². The van der Waals surface area contributed by atoms with Crippen LogP contribution in [0.4, 0.5) is 0 Å². The van der Waals surface area contributed by atoms with Gasteiger partial charge in [-0.05, 0) is 18.2 Å². The van der Waals surface area contributed by atoms with E-state index in [1.54, 1.807) is 7.11 Å². The molecule has 1 N–H and O–H groups in total. The highest BCUT2D eigenvalue weighted by Crippen LogP contribution is 2.27. The number of para-hydroxylation sites is 1. The largest absolute Gasteiger partial charge is 0.451 e. The molecule has 1 aromatic heterocycles. The van der Waals surface area contributed by atoms with Gasteiger partial charge in [0.1, 0.15) is 12.1 Å². The fourth-order valence-electron chi connectivity index (χ4n) is 3.84. The Morgan fingerprint density at radius 3 is 2.71 bits per heavy atom. The molecule has 0 bridgehead atoms. The van der Waals surface area contributed by atoms with Crippen LogP contribution in [-0.4, -0.2) is 44.1 Å². The van der Waals surface area contributed by atoms with Crippen LogP contribution in [0.2, 0.25) is 5.02 Å². The Bertz CT molecular complexity index is 977. The quantitative estimate of drug-likeness (QED) is 0.717. The number of fused-ring (bicyclic) bond motifs is 1. The van der Waals surface area contributed by atoms with Crippen molar-refractivity contribution in [3.05, 3.63) is 70.4 Å². The first kappa shape index (κ1) is 19.0. The summed E-state index contributed by atoms with van der Waals surface area (Å²) in [5.41, 5.74) is 2.78. The molecule has 1 fully saturated rings. The molecular weight excluding hydrogens is 376 g/mol. The van der Waals surface area contributed by atoms with Crippen LogP contribution < -0.4 is 4.90 Å². The lowest BCUT2D eigenvalue weighted by Gasteiger charge is -2.32. The zero-order valence-electron chi connectivity index (χ0n) is 15.9. The van der Waals surface area contributed by atoms with Crippen LogP contribution in [0.25, 0.3) is 11.0 Å². The summed E-state index contributed by atoms with van der Waals surface area (Å²) in [5.74, 6) is 0.353. The van der Waals surface area contributed by atoms with Crippen LogP contribution in [0.15, 0.2) is 52.9 Å². The maximum Gasteiger partial charge on any atom is 0.290 e. The maximum absolute atomic E-state index is 13.1. The SMILES string of the molecule is COCc1c(C(=O)N2CC[NH+](Cc3cccc(Cl)c3)CC2)oc2ccccc12. The average molecular weight is 400 g/mol. The van der Waals surface area contributed by atoms with E-state index in [1.165, 1.54) is 10.5 Å². The van der Waals surface area contributed by atoms with E-state index in [0.717, 1.165) is 41.2 Å². The Morgan fingerprint density at radius 2 is 1.96 bits per heavy atom. The summed E-state index contributed by atoms with van der Waals surface area (Å²) in [5, 5.41) is 1.71. The summed E-state index contributed by atoms with van der Waals surface area (Å²) in [6, 6.07) is 15.7. The molecule has 2 aromatic carbocycles. The Labute approximate surface area is 169 Å². The van der Waals surface area contributed by atoms with E-state index in [2.05, 4.69) is 6.07 Å². The van der Waals surface area contributed by atoms with Gasteiger partial charge in [-0.2, -0.15) is 0 Å². The first-order valence-corrected chi connectivity index (χ1v) is 9.90. The number of carbonyl (C=O) groups is 1. The molecule has 5 nitrogen and oxygen atoms in total. The van der Waals surface area contributed by atoms with Crippen molar-refractivity contribution < 1.29 is 18.8 Å². The van der Waals surface area contributed by atoms with Crippen molar-refractivity contribution in [1.29, 1.82) is 0 Å². The Morgan fingerprint density at radius 1 is 1.18 bits per heavy atom. The fraction of sp³-hybridized carbons (Fsp3) is 0.318. The van der Waals surface area contributed by atoms with E-state index in [9.17, 15) is 4.79 Å². The average Bonchev–Trinajstić information content (AvgIpc) is 3.07. The number of halogens is 1. The van der Waals surface area contributed by atoms with Crippen molar-refractivity contribution in [2.75, 3.05) is 33.3 Å². The minimum absolute atomic E-state index is 0.0509. The number of nitrogens with zero attached hydrogens (tertiary/aromatic N) is 1. The van der Waals surface area contributed by atoms with Gasteiger partial charge >= 0.3 is 0 Å². The minimum Gasteiger partial charge on any atom is -0.451 e. The lowest BCUT2D eigenvalue weighted by Crippen LogP contribution is -3.13. The van der Waals surface area contributed by atoms with Gasteiger partial charge in [-0.1, -0.05) is 41.9 Å². The number of hydrogen-bond acceptors (Lipinski definition) is 3. The molecule has 4 rings (SSSR count). The highest BCUT2D eigenvalue weighted by molar-refractivity contribution is 6.30. The van der Waals surface area contributed by atoms with Crippen molar-refractivity contribution in [3.63, 3.8) is 0 Å². The van der Waals surface area contributed by atoms with Gasteiger partial charge in [0.05, 0.1) is 32.8 Å². The molecule has 0 saturated carbocycles. The van der Waals surface area contributed by atoms with Gasteiger partial charge in [-0.3, -0.25) is 4.79 Å². The number of furan rings is 1. The molecule has 1 amide bonds. The highest BCUT2D eigenvalue weighted by atomic mass is 35.5. The molecule has 2 heterocycles. The van der Waals surface area contributed by atoms with E-state index in [-0.39, 0.29) is 5.91 Å². The van der Waals surface area contributed by atoms with Crippen molar-refractivity contribution >= 4 is 28.5 Å².